The first kappa shape index (κ1) is 10.7. The Morgan fingerprint density at radius 3 is 2.60 bits per heavy atom. The lowest BCUT2D eigenvalue weighted by Gasteiger charge is -2.17. The molecule has 0 spiro atoms. The smallest absolute Gasteiger partial charge is 0.0608 e. The summed E-state index contributed by atoms with van der Waals surface area (Å²) in [6, 6.07) is 10.3. The summed E-state index contributed by atoms with van der Waals surface area (Å²) in [5.41, 5.74) is 1.25. The molecule has 1 aromatic carbocycles. The first-order chi connectivity index (χ1) is 7.25. The van der Waals surface area contributed by atoms with E-state index in [9.17, 15) is 5.11 Å². The quantitative estimate of drug-likeness (QED) is 0.802. The molecule has 0 heterocycles. The summed E-state index contributed by atoms with van der Waals surface area (Å²) in [4.78, 5) is 0. The predicted octanol–water partition coefficient (Wildman–Crippen LogP) is 3.03. The van der Waals surface area contributed by atoms with Gasteiger partial charge in [0, 0.05) is 0 Å². The molecule has 1 aliphatic carbocycles. The van der Waals surface area contributed by atoms with Crippen molar-refractivity contribution in [2.45, 2.75) is 38.7 Å². The third kappa shape index (κ3) is 2.82. The van der Waals surface area contributed by atoms with Crippen molar-refractivity contribution in [3.63, 3.8) is 0 Å². The Bertz CT molecular complexity index is 293. The molecular weight excluding hydrogens is 184 g/mol. The van der Waals surface area contributed by atoms with Gasteiger partial charge in [0.05, 0.1) is 6.10 Å². The van der Waals surface area contributed by atoms with Crippen LogP contribution in [0, 0.1) is 11.8 Å². The molecule has 82 valence electrons. The van der Waals surface area contributed by atoms with Gasteiger partial charge in [-0.2, -0.15) is 0 Å². The molecule has 1 N–H and O–H groups in total. The minimum atomic E-state index is -0.141. The highest BCUT2D eigenvalue weighted by atomic mass is 16.3. The van der Waals surface area contributed by atoms with Crippen LogP contribution in [-0.2, 0) is 6.42 Å². The van der Waals surface area contributed by atoms with Gasteiger partial charge in [-0.15, -0.1) is 0 Å². The van der Waals surface area contributed by atoms with Gasteiger partial charge in [-0.1, -0.05) is 43.7 Å². The lowest BCUT2D eigenvalue weighted by Crippen LogP contribution is -2.20. The maximum atomic E-state index is 10.1. The highest BCUT2D eigenvalue weighted by Gasteiger charge is 2.27. The second-order valence-corrected chi connectivity index (χ2v) is 4.94. The van der Waals surface area contributed by atoms with E-state index in [-0.39, 0.29) is 6.10 Å². The van der Waals surface area contributed by atoms with Crippen molar-refractivity contribution in [1.29, 1.82) is 0 Å². The van der Waals surface area contributed by atoms with Crippen molar-refractivity contribution < 1.29 is 5.11 Å². The molecular formula is C14H20O. The van der Waals surface area contributed by atoms with E-state index in [0.29, 0.717) is 5.92 Å². The van der Waals surface area contributed by atoms with Gasteiger partial charge in [0.15, 0.2) is 0 Å². The zero-order chi connectivity index (χ0) is 10.7. The molecule has 1 saturated carbocycles. The molecule has 2 rings (SSSR count). The van der Waals surface area contributed by atoms with Crippen LogP contribution >= 0.6 is 0 Å². The Kier molecular flexibility index (Phi) is 3.42. The third-order valence-electron chi connectivity index (χ3n) is 3.57. The van der Waals surface area contributed by atoms with Crippen LogP contribution in [0.1, 0.15) is 31.7 Å². The van der Waals surface area contributed by atoms with Crippen LogP contribution in [0.25, 0.3) is 0 Å². The Balaban J connectivity index is 1.90. The number of hydrogen-bond acceptors (Lipinski definition) is 1. The van der Waals surface area contributed by atoms with Gasteiger partial charge in [0.2, 0.25) is 0 Å². The molecule has 3 unspecified atom stereocenters. The lowest BCUT2D eigenvalue weighted by atomic mass is 9.94. The Labute approximate surface area is 92.1 Å². The summed E-state index contributed by atoms with van der Waals surface area (Å²) in [5.74, 6) is 1.33. The minimum absolute atomic E-state index is 0.141. The standard InChI is InChI=1S/C14H20O/c1-11-7-8-13(9-11)14(15)10-12-5-3-2-4-6-12/h2-6,11,13-15H,7-10H2,1H3. The molecule has 1 fully saturated rings. The monoisotopic (exact) mass is 204 g/mol. The van der Waals surface area contributed by atoms with Crippen molar-refractivity contribution in [3.05, 3.63) is 35.9 Å². The first-order valence-corrected chi connectivity index (χ1v) is 5.97. The topological polar surface area (TPSA) is 20.2 Å². The number of aliphatic hydroxyl groups is 1. The largest absolute Gasteiger partial charge is 0.392 e. The zero-order valence-electron chi connectivity index (χ0n) is 9.39. The van der Waals surface area contributed by atoms with Gasteiger partial charge in [0.1, 0.15) is 0 Å². The highest BCUT2D eigenvalue weighted by Crippen LogP contribution is 2.33. The van der Waals surface area contributed by atoms with Gasteiger partial charge in [-0.3, -0.25) is 0 Å². The molecule has 1 aromatic rings. The van der Waals surface area contributed by atoms with Gasteiger partial charge in [-0.25, -0.2) is 0 Å². The average molecular weight is 204 g/mol. The number of benzene rings is 1. The number of aliphatic hydroxyl groups excluding tert-OH is 1. The van der Waals surface area contributed by atoms with Crippen LogP contribution < -0.4 is 0 Å². The minimum Gasteiger partial charge on any atom is -0.392 e. The lowest BCUT2D eigenvalue weighted by molar-refractivity contribution is 0.109. The number of rotatable bonds is 3. The van der Waals surface area contributed by atoms with Crippen LogP contribution in [0.3, 0.4) is 0 Å². The SMILES string of the molecule is CC1CCC(C(O)Cc2ccccc2)C1. The highest BCUT2D eigenvalue weighted by molar-refractivity contribution is 5.15. The van der Waals surface area contributed by atoms with E-state index in [1.54, 1.807) is 0 Å². The molecule has 0 aromatic heterocycles. The van der Waals surface area contributed by atoms with E-state index < -0.39 is 0 Å². The summed E-state index contributed by atoms with van der Waals surface area (Å²) in [6.45, 7) is 2.29. The molecule has 15 heavy (non-hydrogen) atoms. The summed E-state index contributed by atoms with van der Waals surface area (Å²) >= 11 is 0. The molecule has 0 bridgehead atoms. The van der Waals surface area contributed by atoms with E-state index in [2.05, 4.69) is 19.1 Å². The van der Waals surface area contributed by atoms with Crippen molar-refractivity contribution >= 4 is 0 Å². The van der Waals surface area contributed by atoms with Gasteiger partial charge in [-0.05, 0) is 36.7 Å². The van der Waals surface area contributed by atoms with Crippen LogP contribution in [-0.4, -0.2) is 11.2 Å². The van der Waals surface area contributed by atoms with Gasteiger partial charge < -0.3 is 5.11 Å². The summed E-state index contributed by atoms with van der Waals surface area (Å²) in [6.07, 6.45) is 4.37. The fourth-order valence-corrected chi connectivity index (χ4v) is 2.62. The molecule has 1 heteroatoms. The summed E-state index contributed by atoms with van der Waals surface area (Å²) < 4.78 is 0. The molecule has 0 amide bonds. The van der Waals surface area contributed by atoms with Crippen LogP contribution in [0.15, 0.2) is 30.3 Å². The van der Waals surface area contributed by atoms with Crippen molar-refractivity contribution in [2.75, 3.05) is 0 Å². The molecule has 3 atom stereocenters. The van der Waals surface area contributed by atoms with E-state index in [0.717, 1.165) is 12.3 Å². The van der Waals surface area contributed by atoms with E-state index >= 15 is 0 Å². The predicted molar refractivity (Wildman–Crippen MR) is 62.7 cm³/mol. The number of hydrogen-bond donors (Lipinski definition) is 1. The zero-order valence-corrected chi connectivity index (χ0v) is 9.39. The molecule has 0 saturated heterocycles. The Hall–Kier alpha value is -0.820. The van der Waals surface area contributed by atoms with E-state index in [4.69, 9.17) is 0 Å². The average Bonchev–Trinajstić information content (AvgIpc) is 2.66. The molecule has 1 aliphatic rings. The molecule has 0 radical (unpaired) electrons. The Morgan fingerprint density at radius 1 is 1.27 bits per heavy atom. The van der Waals surface area contributed by atoms with E-state index in [1.165, 1.54) is 24.8 Å². The fraction of sp³-hybridized carbons (Fsp3) is 0.571. The van der Waals surface area contributed by atoms with Crippen LogP contribution in [0.2, 0.25) is 0 Å². The Morgan fingerprint density at radius 2 is 2.00 bits per heavy atom. The van der Waals surface area contributed by atoms with Gasteiger partial charge in [0.25, 0.3) is 0 Å². The summed E-state index contributed by atoms with van der Waals surface area (Å²) in [7, 11) is 0. The normalized spacial score (nSPS) is 27.9. The van der Waals surface area contributed by atoms with Crippen LogP contribution in [0.5, 0.6) is 0 Å². The fourth-order valence-electron chi connectivity index (χ4n) is 2.62. The van der Waals surface area contributed by atoms with Crippen LogP contribution in [0.4, 0.5) is 0 Å². The molecule has 1 nitrogen and oxygen atoms in total. The second-order valence-electron chi connectivity index (χ2n) is 4.94. The summed E-state index contributed by atoms with van der Waals surface area (Å²) in [5, 5.41) is 10.1. The first-order valence-electron chi connectivity index (χ1n) is 5.97. The third-order valence-corrected chi connectivity index (χ3v) is 3.57. The van der Waals surface area contributed by atoms with E-state index in [1.807, 2.05) is 18.2 Å². The second kappa shape index (κ2) is 4.80. The van der Waals surface area contributed by atoms with Crippen molar-refractivity contribution in [3.8, 4) is 0 Å². The maximum absolute atomic E-state index is 10.1. The van der Waals surface area contributed by atoms with Crippen molar-refractivity contribution in [1.82, 2.24) is 0 Å². The maximum Gasteiger partial charge on any atom is 0.0608 e. The molecule has 0 aliphatic heterocycles. The van der Waals surface area contributed by atoms with Gasteiger partial charge >= 0.3 is 0 Å². The van der Waals surface area contributed by atoms with Crippen molar-refractivity contribution in [2.24, 2.45) is 11.8 Å².